The summed E-state index contributed by atoms with van der Waals surface area (Å²) >= 11 is 1.32. The molecule has 1 fully saturated rings. The lowest BCUT2D eigenvalue weighted by atomic mass is 10.1. The lowest BCUT2D eigenvalue weighted by Crippen LogP contribution is -2.38. The average molecular weight is 401 g/mol. The molecule has 1 aromatic carbocycles. The highest BCUT2D eigenvalue weighted by Gasteiger charge is 2.18. The summed E-state index contributed by atoms with van der Waals surface area (Å²) in [6.07, 6.45) is 3.36. The van der Waals surface area contributed by atoms with Crippen LogP contribution < -0.4 is 10.6 Å². The number of nitrogens with one attached hydrogen (secondary N) is 2. The second kappa shape index (κ2) is 9.07. The molecule has 148 valence electrons. The number of carbonyl (C=O) groups excluding carboxylic acids is 2. The van der Waals surface area contributed by atoms with Crippen LogP contribution in [-0.4, -0.2) is 40.9 Å². The second-order valence-electron chi connectivity index (χ2n) is 6.69. The van der Waals surface area contributed by atoms with Crippen molar-refractivity contribution in [1.29, 1.82) is 0 Å². The van der Waals surface area contributed by atoms with E-state index in [1.165, 1.54) is 11.8 Å². The van der Waals surface area contributed by atoms with Crippen LogP contribution in [-0.2, 0) is 11.8 Å². The number of thioether (sulfide) groups is 1. The summed E-state index contributed by atoms with van der Waals surface area (Å²) in [4.78, 5) is 25.6. The molecule has 1 aliphatic heterocycles. The SMILES string of the molecule is C=C(NC(=O)c1ccn(C)n1)Sc1cc(C(=O)NC2CCOCC2)ccc1C. The first-order valence-corrected chi connectivity index (χ1v) is 9.91. The standard InChI is InChI=1S/C20H24N4O3S/c1-13-4-5-15(19(25)22-16-7-10-27-11-8-16)12-18(13)28-14(2)21-20(26)17-6-9-24(3)23-17/h4-6,9,12,16H,2,7-8,10-11H2,1,3H3,(H,21,26)(H,22,25). The van der Waals surface area contributed by atoms with Crippen molar-refractivity contribution >= 4 is 23.6 Å². The van der Waals surface area contributed by atoms with Crippen molar-refractivity contribution in [2.24, 2.45) is 7.05 Å². The zero-order valence-electron chi connectivity index (χ0n) is 16.0. The van der Waals surface area contributed by atoms with Crippen molar-refractivity contribution in [2.75, 3.05) is 13.2 Å². The number of aryl methyl sites for hydroxylation is 2. The molecule has 2 N–H and O–H groups in total. The van der Waals surface area contributed by atoms with E-state index in [1.807, 2.05) is 25.1 Å². The van der Waals surface area contributed by atoms with Gasteiger partial charge in [-0.1, -0.05) is 24.4 Å². The molecular weight excluding hydrogens is 376 g/mol. The fraction of sp³-hybridized carbons (Fsp3) is 0.350. The zero-order chi connectivity index (χ0) is 20.1. The van der Waals surface area contributed by atoms with Crippen LogP contribution in [0.25, 0.3) is 0 Å². The van der Waals surface area contributed by atoms with Crippen molar-refractivity contribution < 1.29 is 14.3 Å². The predicted molar refractivity (Wildman–Crippen MR) is 108 cm³/mol. The van der Waals surface area contributed by atoms with Crippen molar-refractivity contribution in [3.63, 3.8) is 0 Å². The first-order valence-electron chi connectivity index (χ1n) is 9.09. The van der Waals surface area contributed by atoms with Crippen molar-refractivity contribution in [3.8, 4) is 0 Å². The van der Waals surface area contributed by atoms with E-state index < -0.39 is 0 Å². The third-order valence-corrected chi connectivity index (χ3v) is 5.45. The van der Waals surface area contributed by atoms with Crippen molar-refractivity contribution in [1.82, 2.24) is 20.4 Å². The van der Waals surface area contributed by atoms with E-state index in [2.05, 4.69) is 22.3 Å². The molecule has 1 aliphatic rings. The normalized spacial score (nSPS) is 14.5. The molecule has 28 heavy (non-hydrogen) atoms. The van der Waals surface area contributed by atoms with Gasteiger partial charge in [0.15, 0.2) is 5.69 Å². The van der Waals surface area contributed by atoms with E-state index in [4.69, 9.17) is 4.74 Å². The van der Waals surface area contributed by atoms with E-state index in [1.54, 1.807) is 24.0 Å². The highest BCUT2D eigenvalue weighted by atomic mass is 32.2. The maximum atomic E-state index is 12.6. The monoisotopic (exact) mass is 400 g/mol. The number of nitrogens with zero attached hydrogens (tertiary/aromatic N) is 2. The van der Waals surface area contributed by atoms with E-state index in [-0.39, 0.29) is 17.9 Å². The molecule has 0 atom stereocenters. The van der Waals surface area contributed by atoms with Crippen LogP contribution in [0.2, 0.25) is 0 Å². The Balaban J connectivity index is 1.63. The van der Waals surface area contributed by atoms with Gasteiger partial charge in [0, 0.05) is 43.0 Å². The molecule has 2 heterocycles. The van der Waals surface area contributed by atoms with Crippen LogP contribution in [0.4, 0.5) is 0 Å². The van der Waals surface area contributed by atoms with Crippen LogP contribution >= 0.6 is 11.8 Å². The van der Waals surface area contributed by atoms with Gasteiger partial charge >= 0.3 is 0 Å². The summed E-state index contributed by atoms with van der Waals surface area (Å²) in [5, 5.41) is 10.3. The number of carbonyl (C=O) groups is 2. The summed E-state index contributed by atoms with van der Waals surface area (Å²) in [7, 11) is 1.75. The van der Waals surface area contributed by atoms with Gasteiger partial charge in [-0.15, -0.1) is 0 Å². The zero-order valence-corrected chi connectivity index (χ0v) is 16.8. The second-order valence-corrected chi connectivity index (χ2v) is 7.83. The number of hydrogen-bond donors (Lipinski definition) is 2. The number of hydrogen-bond acceptors (Lipinski definition) is 5. The van der Waals surface area contributed by atoms with Crippen molar-refractivity contribution in [3.05, 3.63) is 58.9 Å². The van der Waals surface area contributed by atoms with Crippen LogP contribution in [0.1, 0.15) is 39.3 Å². The fourth-order valence-electron chi connectivity index (χ4n) is 2.85. The van der Waals surface area contributed by atoms with Gasteiger partial charge in [-0.2, -0.15) is 5.10 Å². The summed E-state index contributed by atoms with van der Waals surface area (Å²) in [6, 6.07) is 7.32. The molecule has 0 bridgehead atoms. The first-order chi connectivity index (χ1) is 13.4. The molecule has 1 aromatic heterocycles. The van der Waals surface area contributed by atoms with E-state index in [9.17, 15) is 9.59 Å². The molecule has 0 spiro atoms. The summed E-state index contributed by atoms with van der Waals surface area (Å²) in [5.41, 5.74) is 1.91. The fourth-order valence-corrected chi connectivity index (χ4v) is 3.67. The summed E-state index contributed by atoms with van der Waals surface area (Å²) in [5.74, 6) is -0.416. The highest BCUT2D eigenvalue weighted by Crippen LogP contribution is 2.28. The molecule has 0 unspecified atom stereocenters. The maximum absolute atomic E-state index is 12.6. The minimum absolute atomic E-state index is 0.100. The summed E-state index contributed by atoms with van der Waals surface area (Å²) < 4.78 is 6.89. The van der Waals surface area contributed by atoms with Gasteiger partial charge in [0.05, 0.1) is 5.03 Å². The van der Waals surface area contributed by atoms with E-state index in [0.29, 0.717) is 29.5 Å². The van der Waals surface area contributed by atoms with E-state index >= 15 is 0 Å². The van der Waals surface area contributed by atoms with E-state index in [0.717, 1.165) is 23.3 Å². The molecule has 8 heteroatoms. The minimum atomic E-state index is -0.316. The molecule has 0 aliphatic carbocycles. The number of rotatable bonds is 6. The van der Waals surface area contributed by atoms with Crippen molar-refractivity contribution in [2.45, 2.75) is 30.7 Å². The topological polar surface area (TPSA) is 85.2 Å². The number of benzene rings is 1. The van der Waals surface area contributed by atoms with Crippen LogP contribution in [0.15, 0.2) is 47.0 Å². The minimum Gasteiger partial charge on any atom is -0.381 e. The molecule has 2 aromatic rings. The molecule has 0 radical (unpaired) electrons. The van der Waals surface area contributed by atoms with Gasteiger partial charge < -0.3 is 15.4 Å². The Bertz CT molecular complexity index is 887. The van der Waals surface area contributed by atoms with Gasteiger partial charge in [0.25, 0.3) is 11.8 Å². The highest BCUT2D eigenvalue weighted by molar-refractivity contribution is 8.03. The lowest BCUT2D eigenvalue weighted by molar-refractivity contribution is 0.0696. The number of amides is 2. The molecular formula is C20H24N4O3S. The molecule has 2 amide bonds. The van der Waals surface area contributed by atoms with Crippen LogP contribution in [0.5, 0.6) is 0 Å². The number of aromatic nitrogens is 2. The van der Waals surface area contributed by atoms with Gasteiger partial charge in [-0.25, -0.2) is 0 Å². The third kappa shape index (κ3) is 5.24. The quantitative estimate of drug-likeness (QED) is 0.728. The molecule has 0 saturated carbocycles. The molecule has 3 rings (SSSR count). The Morgan fingerprint density at radius 1 is 1.25 bits per heavy atom. The lowest BCUT2D eigenvalue weighted by Gasteiger charge is -2.23. The largest absolute Gasteiger partial charge is 0.381 e. The average Bonchev–Trinajstić information content (AvgIpc) is 3.11. The van der Waals surface area contributed by atoms with Crippen LogP contribution in [0.3, 0.4) is 0 Å². The van der Waals surface area contributed by atoms with Gasteiger partial charge in [0.1, 0.15) is 0 Å². The smallest absolute Gasteiger partial charge is 0.276 e. The third-order valence-electron chi connectivity index (χ3n) is 4.44. The molecule has 7 nitrogen and oxygen atoms in total. The summed E-state index contributed by atoms with van der Waals surface area (Å²) in [6.45, 7) is 7.22. The Labute approximate surface area is 168 Å². The number of ether oxygens (including phenoxy) is 1. The Hall–Kier alpha value is -2.58. The van der Waals surface area contributed by atoms with Gasteiger partial charge in [-0.3, -0.25) is 14.3 Å². The maximum Gasteiger partial charge on any atom is 0.276 e. The Morgan fingerprint density at radius 2 is 2.00 bits per heavy atom. The molecule has 1 saturated heterocycles. The van der Waals surface area contributed by atoms with Crippen LogP contribution in [0, 0.1) is 6.92 Å². The predicted octanol–water partition coefficient (Wildman–Crippen LogP) is 2.63. The van der Waals surface area contributed by atoms with Gasteiger partial charge in [-0.05, 0) is 43.5 Å². The Kier molecular flexibility index (Phi) is 6.53. The van der Waals surface area contributed by atoms with Gasteiger partial charge in [0.2, 0.25) is 0 Å². The first kappa shape index (κ1) is 20.2. The Morgan fingerprint density at radius 3 is 2.68 bits per heavy atom.